The molecule has 31 heavy (non-hydrogen) atoms. The molecule has 8 nitrogen and oxygen atoms in total. The summed E-state index contributed by atoms with van der Waals surface area (Å²) >= 11 is 0. The Bertz CT molecular complexity index is 1100. The summed E-state index contributed by atoms with van der Waals surface area (Å²) in [4.78, 5) is 26.0. The van der Waals surface area contributed by atoms with Crippen LogP contribution in [-0.4, -0.2) is 41.8 Å². The highest BCUT2D eigenvalue weighted by molar-refractivity contribution is 5.83. The topological polar surface area (TPSA) is 99.7 Å². The molecule has 1 saturated heterocycles. The second kappa shape index (κ2) is 9.14. The predicted octanol–water partition coefficient (Wildman–Crippen LogP) is 1.84. The molecule has 3 heterocycles. The van der Waals surface area contributed by atoms with Crippen LogP contribution in [0.1, 0.15) is 35.6 Å². The number of hydrazone groups is 1. The number of nitrogens with one attached hydrogen (secondary N) is 1. The zero-order valence-electron chi connectivity index (χ0n) is 17.5. The van der Waals surface area contributed by atoms with Gasteiger partial charge in [-0.3, -0.25) is 14.5 Å². The number of carbonyl (C=O) groups excluding carboxylic acids is 1. The summed E-state index contributed by atoms with van der Waals surface area (Å²) in [7, 11) is 1.66. The van der Waals surface area contributed by atoms with Gasteiger partial charge < -0.3 is 9.30 Å². The average Bonchev–Trinajstić information content (AvgIpc) is 2.75. The number of nitrogens with zero attached hydrogens (tertiary/aromatic N) is 4. The number of methoxy groups -OCH3 is 1. The Labute approximate surface area is 180 Å². The monoisotopic (exact) mass is 419 g/mol. The molecule has 2 aliphatic rings. The quantitative estimate of drug-likeness (QED) is 0.569. The number of hydrogen-bond donors (Lipinski definition) is 1. The lowest BCUT2D eigenvalue weighted by molar-refractivity contribution is -0.120. The lowest BCUT2D eigenvalue weighted by Gasteiger charge is -2.42. The molecule has 0 saturated carbocycles. The largest absolute Gasteiger partial charge is 0.496 e. The third-order valence-corrected chi connectivity index (χ3v) is 5.90. The van der Waals surface area contributed by atoms with Crippen molar-refractivity contribution in [1.82, 2.24) is 14.9 Å². The van der Waals surface area contributed by atoms with Crippen LogP contribution in [0.25, 0.3) is 0 Å². The molecule has 8 heteroatoms. The van der Waals surface area contributed by atoms with Gasteiger partial charge in [-0.15, -0.1) is 0 Å². The summed E-state index contributed by atoms with van der Waals surface area (Å²) in [5.41, 5.74) is 5.45. The second-order valence-corrected chi connectivity index (χ2v) is 8.09. The van der Waals surface area contributed by atoms with E-state index in [-0.39, 0.29) is 12.0 Å². The number of amides is 1. The summed E-state index contributed by atoms with van der Waals surface area (Å²) in [6.45, 7) is 3.33. The van der Waals surface area contributed by atoms with Crippen LogP contribution >= 0.6 is 0 Å². The van der Waals surface area contributed by atoms with Crippen LogP contribution in [0.3, 0.4) is 0 Å². The molecule has 1 aromatic carbocycles. The average molecular weight is 419 g/mol. The van der Waals surface area contributed by atoms with Gasteiger partial charge in [0.1, 0.15) is 12.2 Å². The van der Waals surface area contributed by atoms with Crippen molar-refractivity contribution in [1.29, 1.82) is 5.26 Å². The van der Waals surface area contributed by atoms with Crippen molar-refractivity contribution >= 4 is 12.1 Å². The Balaban J connectivity index is 1.49. The summed E-state index contributed by atoms with van der Waals surface area (Å²) in [6, 6.07) is 13.1. The van der Waals surface area contributed by atoms with E-state index in [1.54, 1.807) is 25.5 Å². The molecule has 1 aromatic heterocycles. The summed E-state index contributed by atoms with van der Waals surface area (Å²) < 4.78 is 7.50. The first-order valence-electron chi connectivity index (χ1n) is 10.3. The highest BCUT2D eigenvalue weighted by atomic mass is 16.5. The summed E-state index contributed by atoms with van der Waals surface area (Å²) in [5.74, 6) is 1.18. The Kier molecular flexibility index (Phi) is 6.14. The van der Waals surface area contributed by atoms with E-state index < -0.39 is 5.91 Å². The lowest BCUT2D eigenvalue weighted by Crippen LogP contribution is -2.46. The van der Waals surface area contributed by atoms with Crippen LogP contribution in [0.2, 0.25) is 0 Å². The SMILES string of the molecule is COc1ccc(C=NNC(=O)CC#N)cc1CN1CC2C[C@@H](C1)c1cccc(=O)n1C2. The molecular weight excluding hydrogens is 394 g/mol. The van der Waals surface area contributed by atoms with Crippen LogP contribution < -0.4 is 15.7 Å². The third kappa shape index (κ3) is 4.67. The van der Waals surface area contributed by atoms with Gasteiger partial charge in [0, 0.05) is 49.4 Å². The minimum atomic E-state index is -0.438. The van der Waals surface area contributed by atoms with Gasteiger partial charge in [0.2, 0.25) is 0 Å². The minimum absolute atomic E-state index is 0.0937. The molecule has 1 amide bonds. The molecule has 4 rings (SSSR count). The first kappa shape index (κ1) is 20.8. The van der Waals surface area contributed by atoms with Gasteiger partial charge in [0.25, 0.3) is 11.5 Å². The molecule has 160 valence electrons. The van der Waals surface area contributed by atoms with Crippen LogP contribution in [0.4, 0.5) is 0 Å². The normalized spacial score (nSPS) is 20.1. The van der Waals surface area contributed by atoms with Crippen molar-refractivity contribution in [2.24, 2.45) is 11.0 Å². The molecule has 1 unspecified atom stereocenters. The van der Waals surface area contributed by atoms with E-state index in [9.17, 15) is 9.59 Å². The maximum atomic E-state index is 12.2. The third-order valence-electron chi connectivity index (χ3n) is 5.90. The summed E-state index contributed by atoms with van der Waals surface area (Å²) in [5, 5.41) is 12.5. The number of pyridine rings is 1. The molecule has 1 N–H and O–H groups in total. The molecule has 0 aliphatic carbocycles. The Morgan fingerprint density at radius 2 is 2.19 bits per heavy atom. The molecule has 2 aromatic rings. The predicted molar refractivity (Wildman–Crippen MR) is 116 cm³/mol. The van der Waals surface area contributed by atoms with E-state index >= 15 is 0 Å². The minimum Gasteiger partial charge on any atom is -0.496 e. The fourth-order valence-corrected chi connectivity index (χ4v) is 4.66. The Morgan fingerprint density at radius 1 is 1.32 bits per heavy atom. The molecule has 2 aliphatic heterocycles. The standard InChI is InChI=1S/C23H25N5O3/c1-31-21-6-5-16(11-25-26-22(29)7-8-24)9-19(21)15-27-12-17-10-18(14-27)20-3-2-4-23(30)28(20)13-17/h2-6,9,11,17-18H,7,10,12-15H2,1H3,(H,26,29)/t17?,18-/m0/s1. The zero-order chi connectivity index (χ0) is 21.8. The smallest absolute Gasteiger partial charge is 0.254 e. The van der Waals surface area contributed by atoms with Crippen molar-refractivity contribution in [2.75, 3.05) is 20.2 Å². The van der Waals surface area contributed by atoms with Crippen molar-refractivity contribution in [2.45, 2.75) is 31.8 Å². The zero-order valence-corrected chi connectivity index (χ0v) is 17.5. The fraction of sp³-hybridized carbons (Fsp3) is 0.391. The van der Waals surface area contributed by atoms with Crippen LogP contribution in [-0.2, 0) is 17.9 Å². The molecule has 1 fully saturated rings. The van der Waals surface area contributed by atoms with Crippen LogP contribution in [0.15, 0.2) is 46.3 Å². The van der Waals surface area contributed by atoms with Crippen LogP contribution in [0, 0.1) is 17.2 Å². The van der Waals surface area contributed by atoms with Gasteiger partial charge in [-0.1, -0.05) is 6.07 Å². The number of hydrogen-bond acceptors (Lipinski definition) is 6. The number of rotatable bonds is 6. The first-order valence-corrected chi connectivity index (χ1v) is 10.3. The first-order chi connectivity index (χ1) is 15.1. The van der Waals surface area contributed by atoms with E-state index in [1.807, 2.05) is 28.8 Å². The molecule has 0 radical (unpaired) electrons. The second-order valence-electron chi connectivity index (χ2n) is 8.09. The van der Waals surface area contributed by atoms with Crippen molar-refractivity contribution in [3.63, 3.8) is 0 Å². The highest BCUT2D eigenvalue weighted by Crippen LogP contribution is 2.36. The molecule has 2 atom stereocenters. The van der Waals surface area contributed by atoms with Gasteiger partial charge in [-0.2, -0.15) is 10.4 Å². The van der Waals surface area contributed by atoms with E-state index in [4.69, 9.17) is 10.00 Å². The maximum Gasteiger partial charge on any atom is 0.254 e. The van der Waals surface area contributed by atoms with Crippen molar-refractivity contribution in [3.05, 3.63) is 63.6 Å². The number of benzene rings is 1. The van der Waals surface area contributed by atoms with Gasteiger partial charge in [-0.05, 0) is 42.2 Å². The number of piperidine rings is 1. The number of nitriles is 1. The van der Waals surface area contributed by atoms with E-state index in [2.05, 4.69) is 21.5 Å². The highest BCUT2D eigenvalue weighted by Gasteiger charge is 2.34. The van der Waals surface area contributed by atoms with E-state index in [0.717, 1.165) is 55.2 Å². The van der Waals surface area contributed by atoms with Gasteiger partial charge in [-0.25, -0.2) is 5.43 Å². The van der Waals surface area contributed by atoms with Gasteiger partial charge in [0.15, 0.2) is 0 Å². The number of aromatic nitrogens is 1. The van der Waals surface area contributed by atoms with Crippen molar-refractivity contribution in [3.8, 4) is 11.8 Å². The molecular formula is C23H25N5O3. The fourth-order valence-electron chi connectivity index (χ4n) is 4.66. The lowest BCUT2D eigenvalue weighted by atomic mass is 9.83. The van der Waals surface area contributed by atoms with Crippen molar-refractivity contribution < 1.29 is 9.53 Å². The van der Waals surface area contributed by atoms with Crippen LogP contribution in [0.5, 0.6) is 5.75 Å². The van der Waals surface area contributed by atoms with E-state index in [0.29, 0.717) is 11.8 Å². The number of carbonyl (C=O) groups is 1. The van der Waals surface area contributed by atoms with Gasteiger partial charge in [0.05, 0.1) is 19.4 Å². The summed E-state index contributed by atoms with van der Waals surface area (Å²) in [6.07, 6.45) is 2.45. The molecule has 0 spiro atoms. The van der Waals surface area contributed by atoms with Gasteiger partial charge >= 0.3 is 0 Å². The maximum absolute atomic E-state index is 12.2. The number of likely N-dealkylation sites (tertiary alicyclic amines) is 1. The van der Waals surface area contributed by atoms with E-state index in [1.165, 1.54) is 0 Å². The number of ether oxygens (including phenoxy) is 1. The number of fused-ring (bicyclic) bond motifs is 4. The Morgan fingerprint density at radius 3 is 3.00 bits per heavy atom. The molecule has 2 bridgehead atoms. The Hall–Kier alpha value is -3.44.